The molecular weight excluding hydrogens is 374 g/mol. The molecule has 0 radical (unpaired) electrons. The van der Waals surface area contributed by atoms with E-state index in [1.54, 1.807) is 0 Å². The van der Waals surface area contributed by atoms with Crippen LogP contribution < -0.4 is 11.1 Å². The van der Waals surface area contributed by atoms with Crippen molar-refractivity contribution in [2.24, 2.45) is 0 Å². The van der Waals surface area contributed by atoms with Crippen molar-refractivity contribution in [2.45, 2.75) is 12.4 Å². The third kappa shape index (κ3) is 4.56. The Morgan fingerprint density at radius 3 is 1.92 bits per heavy atom. The molecule has 2 aromatic rings. The summed E-state index contributed by atoms with van der Waals surface area (Å²) in [6.45, 7) is 0. The van der Waals surface area contributed by atoms with Crippen LogP contribution in [0.3, 0.4) is 0 Å². The van der Waals surface area contributed by atoms with Gasteiger partial charge >= 0.3 is 12.4 Å². The van der Waals surface area contributed by atoms with Gasteiger partial charge in [-0.25, -0.2) is 0 Å². The molecule has 3 N–H and O–H groups in total. The SMILES string of the molecule is Nc1ccc(Cl)c(C(=O)Nc2cc(C(F)(F)F)cc(C(F)(F)F)c2)c1. The van der Waals surface area contributed by atoms with Crippen molar-refractivity contribution in [2.75, 3.05) is 11.1 Å². The van der Waals surface area contributed by atoms with Gasteiger partial charge in [-0.15, -0.1) is 0 Å². The molecule has 0 bridgehead atoms. The fourth-order valence-corrected chi connectivity index (χ4v) is 2.15. The maximum Gasteiger partial charge on any atom is 0.416 e. The molecule has 2 aromatic carbocycles. The molecule has 0 spiro atoms. The molecule has 0 unspecified atom stereocenters. The molecule has 0 aromatic heterocycles. The van der Waals surface area contributed by atoms with Crippen LogP contribution in [-0.2, 0) is 12.4 Å². The van der Waals surface area contributed by atoms with E-state index in [2.05, 4.69) is 0 Å². The number of hydrogen-bond acceptors (Lipinski definition) is 2. The van der Waals surface area contributed by atoms with Gasteiger partial charge in [0.05, 0.1) is 21.7 Å². The lowest BCUT2D eigenvalue weighted by Gasteiger charge is -2.15. The summed E-state index contributed by atoms with van der Waals surface area (Å²) in [5, 5.41) is 1.91. The standard InChI is InChI=1S/C15H9ClF6N2O/c16-12-2-1-9(23)6-11(12)13(25)24-10-4-7(14(17,18)19)3-8(5-10)15(20,21)22/h1-6H,23H2,(H,24,25). The number of carbonyl (C=O) groups is 1. The maximum atomic E-state index is 12.8. The Hall–Kier alpha value is -2.42. The molecular formula is C15H9ClF6N2O. The molecule has 10 heteroatoms. The first kappa shape index (κ1) is 18.9. The summed E-state index contributed by atoms with van der Waals surface area (Å²) < 4.78 is 76.8. The molecule has 0 saturated heterocycles. The van der Waals surface area contributed by atoms with Crippen molar-refractivity contribution in [3.8, 4) is 0 Å². The van der Waals surface area contributed by atoms with Crippen LogP contribution in [-0.4, -0.2) is 5.91 Å². The van der Waals surface area contributed by atoms with E-state index in [-0.39, 0.29) is 22.3 Å². The Kier molecular flexibility index (Phi) is 4.90. The highest BCUT2D eigenvalue weighted by Crippen LogP contribution is 2.37. The van der Waals surface area contributed by atoms with Crippen LogP contribution in [0, 0.1) is 0 Å². The van der Waals surface area contributed by atoms with Crippen molar-refractivity contribution in [1.29, 1.82) is 0 Å². The molecule has 3 nitrogen and oxygen atoms in total. The number of nitrogens with two attached hydrogens (primary N) is 1. The van der Waals surface area contributed by atoms with E-state index in [0.717, 1.165) is 6.07 Å². The number of halogens is 7. The molecule has 134 valence electrons. The van der Waals surface area contributed by atoms with Gasteiger partial charge in [0.25, 0.3) is 5.91 Å². The molecule has 25 heavy (non-hydrogen) atoms. The first-order valence-electron chi connectivity index (χ1n) is 6.54. The van der Waals surface area contributed by atoms with E-state index >= 15 is 0 Å². The summed E-state index contributed by atoms with van der Waals surface area (Å²) in [7, 11) is 0. The Morgan fingerprint density at radius 2 is 1.44 bits per heavy atom. The van der Waals surface area contributed by atoms with Crippen LogP contribution in [0.15, 0.2) is 36.4 Å². The second-order valence-corrected chi connectivity index (χ2v) is 5.40. The van der Waals surface area contributed by atoms with Gasteiger partial charge < -0.3 is 11.1 Å². The van der Waals surface area contributed by atoms with Crippen LogP contribution in [0.5, 0.6) is 0 Å². The minimum atomic E-state index is -5.02. The highest BCUT2D eigenvalue weighted by molar-refractivity contribution is 6.34. The van der Waals surface area contributed by atoms with Crippen LogP contribution in [0.2, 0.25) is 5.02 Å². The minimum absolute atomic E-state index is 0.0386. The van der Waals surface area contributed by atoms with Crippen LogP contribution >= 0.6 is 11.6 Å². The van der Waals surface area contributed by atoms with Crippen molar-refractivity contribution in [3.05, 3.63) is 58.1 Å². The van der Waals surface area contributed by atoms with E-state index in [0.29, 0.717) is 12.1 Å². The van der Waals surface area contributed by atoms with Crippen LogP contribution in [0.4, 0.5) is 37.7 Å². The van der Waals surface area contributed by atoms with Crippen LogP contribution in [0.1, 0.15) is 21.5 Å². The molecule has 1 amide bonds. The lowest BCUT2D eigenvalue weighted by Crippen LogP contribution is -2.16. The molecule has 0 saturated carbocycles. The van der Waals surface area contributed by atoms with E-state index in [4.69, 9.17) is 17.3 Å². The van der Waals surface area contributed by atoms with E-state index in [1.165, 1.54) is 12.1 Å². The van der Waals surface area contributed by atoms with Gasteiger partial charge in [0.2, 0.25) is 0 Å². The summed E-state index contributed by atoms with van der Waals surface area (Å²) >= 11 is 5.79. The van der Waals surface area contributed by atoms with E-state index in [1.807, 2.05) is 5.32 Å². The second-order valence-electron chi connectivity index (χ2n) is 4.99. The van der Waals surface area contributed by atoms with Gasteiger partial charge in [0.1, 0.15) is 0 Å². The molecule has 0 aliphatic rings. The number of nitrogens with one attached hydrogen (secondary N) is 1. The zero-order valence-electron chi connectivity index (χ0n) is 12.1. The van der Waals surface area contributed by atoms with Gasteiger partial charge in [-0.1, -0.05) is 11.6 Å². The lowest BCUT2D eigenvalue weighted by molar-refractivity contribution is -0.143. The number of nitrogen functional groups attached to an aromatic ring is 1. The summed E-state index contributed by atoms with van der Waals surface area (Å²) in [5.74, 6) is -0.996. The minimum Gasteiger partial charge on any atom is -0.399 e. The van der Waals surface area contributed by atoms with Crippen molar-refractivity contribution < 1.29 is 31.1 Å². The summed E-state index contributed by atoms with van der Waals surface area (Å²) in [5.41, 5.74) is 1.68. The summed E-state index contributed by atoms with van der Waals surface area (Å²) in [6, 6.07) is 4.56. The van der Waals surface area contributed by atoms with Gasteiger partial charge in [-0.3, -0.25) is 4.79 Å². The number of benzene rings is 2. The van der Waals surface area contributed by atoms with Crippen molar-refractivity contribution in [1.82, 2.24) is 0 Å². The fourth-order valence-electron chi connectivity index (χ4n) is 1.94. The molecule has 2 rings (SSSR count). The number of anilines is 2. The zero-order valence-corrected chi connectivity index (χ0v) is 12.9. The Labute approximate surface area is 142 Å². The smallest absolute Gasteiger partial charge is 0.399 e. The highest BCUT2D eigenvalue weighted by atomic mass is 35.5. The van der Waals surface area contributed by atoms with Crippen molar-refractivity contribution in [3.63, 3.8) is 0 Å². The molecule has 0 aliphatic carbocycles. The fraction of sp³-hybridized carbons (Fsp3) is 0.133. The van der Waals surface area contributed by atoms with Gasteiger partial charge in [0, 0.05) is 11.4 Å². The van der Waals surface area contributed by atoms with Crippen molar-refractivity contribution >= 4 is 28.9 Å². The predicted molar refractivity (Wildman–Crippen MR) is 80.3 cm³/mol. The zero-order chi connectivity index (χ0) is 19.0. The quantitative estimate of drug-likeness (QED) is 0.553. The summed E-state index contributed by atoms with van der Waals surface area (Å²) in [6.07, 6.45) is -10.0. The van der Waals surface area contributed by atoms with E-state index < -0.39 is 35.1 Å². The average molecular weight is 383 g/mol. The number of hydrogen-bond donors (Lipinski definition) is 2. The first-order chi connectivity index (χ1) is 11.4. The monoisotopic (exact) mass is 382 g/mol. The van der Waals surface area contributed by atoms with Gasteiger partial charge in [-0.2, -0.15) is 26.3 Å². The topological polar surface area (TPSA) is 55.1 Å². The van der Waals surface area contributed by atoms with E-state index in [9.17, 15) is 31.1 Å². The normalized spacial score (nSPS) is 12.1. The first-order valence-corrected chi connectivity index (χ1v) is 6.91. The molecule has 0 heterocycles. The number of alkyl halides is 6. The molecule has 0 atom stereocenters. The number of rotatable bonds is 2. The highest BCUT2D eigenvalue weighted by Gasteiger charge is 2.37. The Bertz CT molecular complexity index is 784. The predicted octanol–water partition coefficient (Wildman–Crippen LogP) is 5.21. The van der Waals surface area contributed by atoms with Gasteiger partial charge in [0.15, 0.2) is 0 Å². The largest absolute Gasteiger partial charge is 0.416 e. The maximum absolute atomic E-state index is 12.8. The molecule has 0 aliphatic heterocycles. The Morgan fingerprint density at radius 1 is 0.920 bits per heavy atom. The third-order valence-corrected chi connectivity index (χ3v) is 3.41. The summed E-state index contributed by atoms with van der Waals surface area (Å²) in [4.78, 5) is 12.1. The molecule has 0 fully saturated rings. The van der Waals surface area contributed by atoms with Crippen LogP contribution in [0.25, 0.3) is 0 Å². The second kappa shape index (κ2) is 6.47. The number of carbonyl (C=O) groups excluding carboxylic acids is 1. The van der Waals surface area contributed by atoms with Gasteiger partial charge in [-0.05, 0) is 36.4 Å². The third-order valence-electron chi connectivity index (χ3n) is 3.08. The average Bonchev–Trinajstić information content (AvgIpc) is 2.47. The Balaban J connectivity index is 2.45. The lowest BCUT2D eigenvalue weighted by atomic mass is 10.1. The number of amides is 1.